The van der Waals surface area contributed by atoms with Crippen molar-refractivity contribution in [3.63, 3.8) is 0 Å². The quantitative estimate of drug-likeness (QED) is 0.754. The molecule has 1 rings (SSSR count). The fourth-order valence-electron chi connectivity index (χ4n) is 1.14. The number of nitrogens with zero attached hydrogens (tertiary/aromatic N) is 1. The smallest absolute Gasteiger partial charge is 0.226 e. The largest absolute Gasteiger partial charge is 0.350 e. The predicted octanol–water partition coefficient (Wildman–Crippen LogP) is 0.478. The van der Waals surface area contributed by atoms with Crippen molar-refractivity contribution >= 4 is 5.91 Å². The molecule has 0 spiro atoms. The Morgan fingerprint density at radius 2 is 2.27 bits per heavy atom. The van der Waals surface area contributed by atoms with E-state index in [1.165, 1.54) is 0 Å². The lowest BCUT2D eigenvalue weighted by Gasteiger charge is -2.24. The van der Waals surface area contributed by atoms with E-state index in [4.69, 9.17) is 5.73 Å². The van der Waals surface area contributed by atoms with Gasteiger partial charge in [-0.3, -0.25) is 9.78 Å². The Morgan fingerprint density at radius 1 is 1.53 bits per heavy atom. The summed E-state index contributed by atoms with van der Waals surface area (Å²) in [5.41, 5.74) is 5.93. The molecule has 1 amide bonds. The maximum Gasteiger partial charge on any atom is 0.226 e. The second kappa shape index (κ2) is 4.89. The molecule has 0 bridgehead atoms. The third-order valence-corrected chi connectivity index (χ3v) is 2.06. The van der Waals surface area contributed by atoms with Crippen LogP contribution in [0.5, 0.6) is 0 Å². The van der Waals surface area contributed by atoms with Crippen molar-refractivity contribution in [2.75, 3.05) is 6.54 Å². The zero-order chi connectivity index (χ0) is 11.3. The first-order valence-corrected chi connectivity index (χ1v) is 4.94. The maximum atomic E-state index is 11.6. The van der Waals surface area contributed by atoms with Gasteiger partial charge in [-0.25, -0.2) is 0 Å². The lowest BCUT2D eigenvalue weighted by molar-refractivity contribution is -0.121. The summed E-state index contributed by atoms with van der Waals surface area (Å²) < 4.78 is 0. The third kappa shape index (κ3) is 4.08. The predicted molar refractivity (Wildman–Crippen MR) is 59.2 cm³/mol. The highest BCUT2D eigenvalue weighted by atomic mass is 16.1. The van der Waals surface area contributed by atoms with Gasteiger partial charge in [0, 0.05) is 24.0 Å². The molecule has 0 aromatic carbocycles. The molecule has 0 atom stereocenters. The van der Waals surface area contributed by atoms with Crippen LogP contribution in [0.1, 0.15) is 19.5 Å². The lowest BCUT2D eigenvalue weighted by Crippen LogP contribution is -2.49. The molecule has 0 radical (unpaired) electrons. The summed E-state index contributed by atoms with van der Waals surface area (Å²) in [7, 11) is 0. The van der Waals surface area contributed by atoms with E-state index in [1.807, 2.05) is 32.0 Å². The number of nitrogens with one attached hydrogen (secondary N) is 1. The number of aromatic nitrogens is 1. The number of hydrogen-bond donors (Lipinski definition) is 2. The third-order valence-electron chi connectivity index (χ3n) is 2.06. The normalized spacial score (nSPS) is 11.1. The Balaban J connectivity index is 2.51. The van der Waals surface area contributed by atoms with Gasteiger partial charge in [0.05, 0.1) is 6.42 Å². The van der Waals surface area contributed by atoms with Crippen LogP contribution in [-0.4, -0.2) is 23.0 Å². The second-order valence-electron chi connectivity index (χ2n) is 4.13. The van der Waals surface area contributed by atoms with Crippen molar-refractivity contribution in [2.24, 2.45) is 5.73 Å². The van der Waals surface area contributed by atoms with Gasteiger partial charge in [0.25, 0.3) is 0 Å². The second-order valence-corrected chi connectivity index (χ2v) is 4.13. The Hall–Kier alpha value is -1.42. The van der Waals surface area contributed by atoms with Crippen molar-refractivity contribution in [3.05, 3.63) is 30.1 Å². The number of amides is 1. The van der Waals surface area contributed by atoms with Gasteiger partial charge in [-0.1, -0.05) is 6.07 Å². The van der Waals surface area contributed by atoms with Crippen LogP contribution >= 0.6 is 0 Å². The molecule has 0 saturated carbocycles. The standard InChI is InChI=1S/C11H17N3O/c1-11(2,8-12)14-10(15)7-9-5-3-4-6-13-9/h3-6H,7-8,12H2,1-2H3,(H,14,15). The van der Waals surface area contributed by atoms with Crippen LogP contribution in [0, 0.1) is 0 Å². The summed E-state index contributed by atoms with van der Waals surface area (Å²) in [6, 6.07) is 5.52. The number of pyridine rings is 1. The van der Waals surface area contributed by atoms with Gasteiger partial charge in [-0.2, -0.15) is 0 Å². The number of carbonyl (C=O) groups excluding carboxylic acids is 1. The van der Waals surface area contributed by atoms with Gasteiger partial charge in [0.2, 0.25) is 5.91 Å². The van der Waals surface area contributed by atoms with E-state index in [0.29, 0.717) is 13.0 Å². The topological polar surface area (TPSA) is 68.0 Å². The summed E-state index contributed by atoms with van der Waals surface area (Å²) >= 11 is 0. The Labute approximate surface area is 89.9 Å². The van der Waals surface area contributed by atoms with Gasteiger partial charge in [-0.15, -0.1) is 0 Å². The van der Waals surface area contributed by atoms with E-state index >= 15 is 0 Å². The Kier molecular flexibility index (Phi) is 3.80. The zero-order valence-corrected chi connectivity index (χ0v) is 9.16. The molecule has 82 valence electrons. The average molecular weight is 207 g/mol. The highest BCUT2D eigenvalue weighted by Gasteiger charge is 2.18. The first-order chi connectivity index (χ1) is 7.03. The molecule has 0 aliphatic rings. The molecule has 1 aromatic heterocycles. The van der Waals surface area contributed by atoms with E-state index in [0.717, 1.165) is 5.69 Å². The highest BCUT2D eigenvalue weighted by Crippen LogP contribution is 2.00. The zero-order valence-electron chi connectivity index (χ0n) is 9.16. The molecule has 0 aliphatic carbocycles. The van der Waals surface area contributed by atoms with E-state index in [2.05, 4.69) is 10.3 Å². The van der Waals surface area contributed by atoms with Crippen LogP contribution in [0.2, 0.25) is 0 Å². The van der Waals surface area contributed by atoms with Gasteiger partial charge in [0.15, 0.2) is 0 Å². The molecule has 1 aromatic rings. The first-order valence-electron chi connectivity index (χ1n) is 4.94. The van der Waals surface area contributed by atoms with Crippen LogP contribution in [0.15, 0.2) is 24.4 Å². The Morgan fingerprint density at radius 3 is 2.80 bits per heavy atom. The number of rotatable bonds is 4. The van der Waals surface area contributed by atoms with Gasteiger partial charge < -0.3 is 11.1 Å². The fourth-order valence-corrected chi connectivity index (χ4v) is 1.14. The maximum absolute atomic E-state index is 11.6. The van der Waals surface area contributed by atoms with Crippen molar-refractivity contribution in [1.29, 1.82) is 0 Å². The fraction of sp³-hybridized carbons (Fsp3) is 0.455. The molecule has 4 nitrogen and oxygen atoms in total. The number of carbonyl (C=O) groups is 1. The van der Waals surface area contributed by atoms with E-state index < -0.39 is 0 Å². The molecular formula is C11H17N3O. The monoisotopic (exact) mass is 207 g/mol. The lowest BCUT2D eigenvalue weighted by atomic mass is 10.1. The van der Waals surface area contributed by atoms with Gasteiger partial charge in [0.1, 0.15) is 0 Å². The van der Waals surface area contributed by atoms with Crippen LogP contribution in [-0.2, 0) is 11.2 Å². The van der Waals surface area contributed by atoms with Crippen LogP contribution < -0.4 is 11.1 Å². The van der Waals surface area contributed by atoms with Crippen molar-refractivity contribution < 1.29 is 4.79 Å². The molecule has 0 aliphatic heterocycles. The molecule has 15 heavy (non-hydrogen) atoms. The van der Waals surface area contributed by atoms with E-state index in [-0.39, 0.29) is 11.4 Å². The SMILES string of the molecule is CC(C)(CN)NC(=O)Cc1ccccn1. The number of hydrogen-bond acceptors (Lipinski definition) is 3. The molecule has 0 saturated heterocycles. The van der Waals surface area contributed by atoms with Crippen molar-refractivity contribution in [1.82, 2.24) is 10.3 Å². The minimum absolute atomic E-state index is 0.0517. The van der Waals surface area contributed by atoms with Crippen molar-refractivity contribution in [3.8, 4) is 0 Å². The molecule has 0 fully saturated rings. The first kappa shape index (κ1) is 11.7. The van der Waals surface area contributed by atoms with Crippen LogP contribution in [0.3, 0.4) is 0 Å². The minimum atomic E-state index is -0.355. The van der Waals surface area contributed by atoms with Crippen molar-refractivity contribution in [2.45, 2.75) is 25.8 Å². The summed E-state index contributed by atoms with van der Waals surface area (Å²) in [4.78, 5) is 15.7. The summed E-state index contributed by atoms with van der Waals surface area (Å²) in [5, 5.41) is 2.85. The van der Waals surface area contributed by atoms with E-state index in [1.54, 1.807) is 6.20 Å². The summed E-state index contributed by atoms with van der Waals surface area (Å²) in [5.74, 6) is -0.0517. The van der Waals surface area contributed by atoms with Gasteiger partial charge in [-0.05, 0) is 26.0 Å². The molecular weight excluding hydrogens is 190 g/mol. The average Bonchev–Trinajstić information content (AvgIpc) is 2.18. The van der Waals surface area contributed by atoms with Crippen LogP contribution in [0.4, 0.5) is 0 Å². The minimum Gasteiger partial charge on any atom is -0.350 e. The highest BCUT2D eigenvalue weighted by molar-refractivity contribution is 5.78. The molecule has 3 N–H and O–H groups in total. The van der Waals surface area contributed by atoms with E-state index in [9.17, 15) is 4.79 Å². The van der Waals surface area contributed by atoms with Gasteiger partial charge >= 0.3 is 0 Å². The number of nitrogens with two attached hydrogens (primary N) is 1. The molecule has 0 unspecified atom stereocenters. The summed E-state index contributed by atoms with van der Waals surface area (Å²) in [6.45, 7) is 4.20. The summed E-state index contributed by atoms with van der Waals surface area (Å²) in [6.07, 6.45) is 1.97. The Bertz CT molecular complexity index is 322. The molecule has 4 heteroatoms. The molecule has 1 heterocycles. The van der Waals surface area contributed by atoms with Crippen LogP contribution in [0.25, 0.3) is 0 Å².